The Morgan fingerprint density at radius 2 is 1.90 bits per heavy atom. The quantitative estimate of drug-likeness (QED) is 0.803. The number of aliphatic hydroxyl groups excluding tert-OH is 1. The molecule has 2 rings (SSSR count). The van der Waals surface area contributed by atoms with Crippen molar-refractivity contribution >= 4 is 0 Å². The molecule has 0 spiro atoms. The number of hydrogen-bond donors (Lipinski definition) is 2. The maximum absolute atomic E-state index is 10.1. The summed E-state index contributed by atoms with van der Waals surface area (Å²) in [4.78, 5) is 0. The van der Waals surface area contributed by atoms with Crippen LogP contribution >= 0.6 is 0 Å². The summed E-state index contributed by atoms with van der Waals surface area (Å²) in [7, 11) is 1.68. The molecule has 0 heterocycles. The van der Waals surface area contributed by atoms with E-state index in [2.05, 4.69) is 24.4 Å². The molecule has 20 heavy (non-hydrogen) atoms. The average molecular weight is 277 g/mol. The summed E-state index contributed by atoms with van der Waals surface area (Å²) in [5.41, 5.74) is 1.22. The standard InChI is InChI=1S/C17H27NO2/c1-13(15-7-9-17(20-2)10-8-15)18-12-16(19)11-14-5-3-4-6-14/h7-10,13-14,16,18-19H,3-6,11-12H2,1-2H3. The van der Waals surface area contributed by atoms with Crippen molar-refractivity contribution in [2.75, 3.05) is 13.7 Å². The zero-order valence-corrected chi connectivity index (χ0v) is 12.6. The fourth-order valence-electron chi connectivity index (χ4n) is 3.04. The summed E-state index contributed by atoms with van der Waals surface area (Å²) in [6.07, 6.45) is 6.00. The highest BCUT2D eigenvalue weighted by atomic mass is 16.5. The third-order valence-electron chi connectivity index (χ3n) is 4.36. The van der Waals surface area contributed by atoms with Crippen LogP contribution in [-0.4, -0.2) is 24.9 Å². The van der Waals surface area contributed by atoms with E-state index in [9.17, 15) is 5.11 Å². The minimum Gasteiger partial charge on any atom is -0.497 e. The molecule has 3 nitrogen and oxygen atoms in total. The predicted octanol–water partition coefficient (Wildman–Crippen LogP) is 3.29. The SMILES string of the molecule is COc1ccc(C(C)NCC(O)CC2CCCC2)cc1. The molecule has 0 aliphatic heterocycles. The fourth-order valence-corrected chi connectivity index (χ4v) is 3.04. The molecule has 0 amide bonds. The first-order chi connectivity index (χ1) is 9.69. The lowest BCUT2D eigenvalue weighted by Gasteiger charge is -2.19. The second-order valence-electron chi connectivity index (χ2n) is 5.94. The van der Waals surface area contributed by atoms with Gasteiger partial charge in [-0.15, -0.1) is 0 Å². The van der Waals surface area contributed by atoms with Crippen LogP contribution in [0.25, 0.3) is 0 Å². The Bertz CT molecular complexity index is 384. The Hall–Kier alpha value is -1.06. The highest BCUT2D eigenvalue weighted by molar-refractivity contribution is 5.28. The van der Waals surface area contributed by atoms with E-state index in [0.717, 1.165) is 18.1 Å². The van der Waals surface area contributed by atoms with Crippen LogP contribution in [0, 0.1) is 5.92 Å². The molecule has 1 aromatic carbocycles. The van der Waals surface area contributed by atoms with E-state index in [1.54, 1.807) is 7.11 Å². The zero-order valence-electron chi connectivity index (χ0n) is 12.6. The Morgan fingerprint density at radius 1 is 1.25 bits per heavy atom. The summed E-state index contributed by atoms with van der Waals surface area (Å²) >= 11 is 0. The van der Waals surface area contributed by atoms with Gasteiger partial charge in [-0.1, -0.05) is 37.8 Å². The highest BCUT2D eigenvalue weighted by Gasteiger charge is 2.19. The van der Waals surface area contributed by atoms with Gasteiger partial charge in [-0.05, 0) is 37.0 Å². The lowest BCUT2D eigenvalue weighted by molar-refractivity contribution is 0.137. The first kappa shape index (κ1) is 15.3. The van der Waals surface area contributed by atoms with Crippen molar-refractivity contribution in [1.82, 2.24) is 5.32 Å². The zero-order chi connectivity index (χ0) is 14.4. The molecule has 0 saturated heterocycles. The molecule has 1 aliphatic carbocycles. The van der Waals surface area contributed by atoms with Crippen molar-refractivity contribution in [2.45, 2.75) is 51.2 Å². The smallest absolute Gasteiger partial charge is 0.118 e. The largest absolute Gasteiger partial charge is 0.497 e. The van der Waals surface area contributed by atoms with Gasteiger partial charge in [0.15, 0.2) is 0 Å². The van der Waals surface area contributed by atoms with Crippen LogP contribution in [0.1, 0.15) is 50.6 Å². The summed E-state index contributed by atoms with van der Waals surface area (Å²) in [6.45, 7) is 2.80. The molecule has 2 N–H and O–H groups in total. The van der Waals surface area contributed by atoms with Gasteiger partial charge in [-0.3, -0.25) is 0 Å². The minimum atomic E-state index is -0.223. The number of benzene rings is 1. The molecule has 2 atom stereocenters. The molecule has 0 radical (unpaired) electrons. The van der Waals surface area contributed by atoms with E-state index in [1.807, 2.05) is 12.1 Å². The first-order valence-electron chi connectivity index (χ1n) is 7.74. The molecular weight excluding hydrogens is 250 g/mol. The molecular formula is C17H27NO2. The van der Waals surface area contributed by atoms with Gasteiger partial charge >= 0.3 is 0 Å². The normalized spacial score (nSPS) is 18.9. The lowest BCUT2D eigenvalue weighted by Crippen LogP contribution is -2.30. The molecule has 1 aromatic rings. The Labute approximate surface area is 122 Å². The van der Waals surface area contributed by atoms with E-state index < -0.39 is 0 Å². The third kappa shape index (κ3) is 4.50. The Morgan fingerprint density at radius 3 is 2.50 bits per heavy atom. The maximum Gasteiger partial charge on any atom is 0.118 e. The van der Waals surface area contributed by atoms with Gasteiger partial charge in [-0.25, -0.2) is 0 Å². The van der Waals surface area contributed by atoms with Crippen molar-refractivity contribution in [3.05, 3.63) is 29.8 Å². The lowest BCUT2D eigenvalue weighted by atomic mass is 9.99. The Balaban J connectivity index is 1.74. The van der Waals surface area contributed by atoms with Gasteiger partial charge in [0, 0.05) is 12.6 Å². The summed E-state index contributed by atoms with van der Waals surface area (Å²) in [6, 6.07) is 8.34. The molecule has 112 valence electrons. The maximum atomic E-state index is 10.1. The summed E-state index contributed by atoms with van der Waals surface area (Å²) < 4.78 is 5.16. The molecule has 1 aliphatic rings. The fraction of sp³-hybridized carbons (Fsp3) is 0.647. The number of rotatable bonds is 7. The van der Waals surface area contributed by atoms with Crippen molar-refractivity contribution in [3.63, 3.8) is 0 Å². The monoisotopic (exact) mass is 277 g/mol. The van der Waals surface area contributed by atoms with Crippen molar-refractivity contribution in [3.8, 4) is 5.75 Å². The van der Waals surface area contributed by atoms with Gasteiger partial charge in [0.2, 0.25) is 0 Å². The first-order valence-corrected chi connectivity index (χ1v) is 7.74. The molecule has 1 saturated carbocycles. The summed E-state index contributed by atoms with van der Waals surface area (Å²) in [5.74, 6) is 1.62. The number of methoxy groups -OCH3 is 1. The van der Waals surface area contributed by atoms with Gasteiger partial charge in [-0.2, -0.15) is 0 Å². The predicted molar refractivity (Wildman–Crippen MR) is 82.0 cm³/mol. The van der Waals surface area contributed by atoms with Gasteiger partial charge in [0.05, 0.1) is 13.2 Å². The molecule has 2 unspecified atom stereocenters. The minimum absolute atomic E-state index is 0.223. The van der Waals surface area contributed by atoms with Crippen LogP contribution < -0.4 is 10.1 Å². The van der Waals surface area contributed by atoms with Crippen LogP contribution in [0.15, 0.2) is 24.3 Å². The van der Waals surface area contributed by atoms with E-state index in [-0.39, 0.29) is 12.1 Å². The van der Waals surface area contributed by atoms with Crippen LogP contribution in [0.4, 0.5) is 0 Å². The van der Waals surface area contributed by atoms with Gasteiger partial charge < -0.3 is 15.2 Å². The van der Waals surface area contributed by atoms with Crippen LogP contribution in [0.3, 0.4) is 0 Å². The van der Waals surface area contributed by atoms with Crippen molar-refractivity contribution < 1.29 is 9.84 Å². The van der Waals surface area contributed by atoms with Gasteiger partial charge in [0.1, 0.15) is 5.75 Å². The second kappa shape index (κ2) is 7.65. The topological polar surface area (TPSA) is 41.5 Å². The van der Waals surface area contributed by atoms with Crippen LogP contribution in [0.2, 0.25) is 0 Å². The second-order valence-corrected chi connectivity index (χ2v) is 5.94. The molecule has 3 heteroatoms. The number of ether oxygens (including phenoxy) is 1. The van der Waals surface area contributed by atoms with Crippen molar-refractivity contribution in [2.24, 2.45) is 5.92 Å². The number of aliphatic hydroxyl groups is 1. The highest BCUT2D eigenvalue weighted by Crippen LogP contribution is 2.28. The molecule has 1 fully saturated rings. The van der Waals surface area contributed by atoms with E-state index in [0.29, 0.717) is 6.54 Å². The van der Waals surface area contributed by atoms with Crippen LogP contribution in [-0.2, 0) is 0 Å². The van der Waals surface area contributed by atoms with E-state index in [1.165, 1.54) is 31.2 Å². The molecule has 0 bridgehead atoms. The third-order valence-corrected chi connectivity index (χ3v) is 4.36. The Kier molecular flexibility index (Phi) is 5.86. The van der Waals surface area contributed by atoms with Crippen LogP contribution in [0.5, 0.6) is 5.75 Å². The molecule has 0 aromatic heterocycles. The van der Waals surface area contributed by atoms with E-state index >= 15 is 0 Å². The van der Waals surface area contributed by atoms with E-state index in [4.69, 9.17) is 4.74 Å². The summed E-state index contributed by atoms with van der Waals surface area (Å²) in [5, 5.41) is 13.5. The number of nitrogens with one attached hydrogen (secondary N) is 1. The van der Waals surface area contributed by atoms with Gasteiger partial charge in [0.25, 0.3) is 0 Å². The average Bonchev–Trinajstić information content (AvgIpc) is 2.97. The van der Waals surface area contributed by atoms with Crippen molar-refractivity contribution in [1.29, 1.82) is 0 Å². The number of hydrogen-bond acceptors (Lipinski definition) is 3.